The van der Waals surface area contributed by atoms with Crippen molar-refractivity contribution in [1.29, 1.82) is 0 Å². The molecule has 0 bridgehead atoms. The van der Waals surface area contributed by atoms with E-state index >= 15 is 0 Å². The Morgan fingerprint density at radius 1 is 1.33 bits per heavy atom. The molecule has 0 aliphatic carbocycles. The lowest BCUT2D eigenvalue weighted by molar-refractivity contribution is -0.693. The predicted octanol–water partition coefficient (Wildman–Crippen LogP) is 1.65. The lowest BCUT2D eigenvalue weighted by Crippen LogP contribution is -2.39. The van der Waals surface area contributed by atoms with Gasteiger partial charge < -0.3 is 9.90 Å². The standard InChI is InChI=1S/C15H23NO2/c1-5-12(11-15(3,4)14(17)18)13-7-9-16(6-2)10-8-13/h7-10,12H,5-6,11H2,1-4H3. The van der Waals surface area contributed by atoms with Crippen LogP contribution in [0.15, 0.2) is 24.5 Å². The zero-order valence-corrected chi connectivity index (χ0v) is 11.8. The average molecular weight is 249 g/mol. The molecule has 0 saturated carbocycles. The van der Waals surface area contributed by atoms with Gasteiger partial charge >= 0.3 is 0 Å². The SMILES string of the molecule is CCC(CC(C)(C)C(=O)[O-])c1cc[n+](CC)cc1. The van der Waals surface area contributed by atoms with Gasteiger partial charge in [0.25, 0.3) is 0 Å². The van der Waals surface area contributed by atoms with Crippen molar-refractivity contribution in [2.75, 3.05) is 0 Å². The van der Waals surface area contributed by atoms with Crippen LogP contribution in [0.4, 0.5) is 0 Å². The summed E-state index contributed by atoms with van der Waals surface area (Å²) in [5, 5.41) is 11.1. The van der Waals surface area contributed by atoms with E-state index in [1.165, 1.54) is 5.56 Å². The smallest absolute Gasteiger partial charge is 0.169 e. The Labute approximate surface area is 109 Å². The molecule has 1 aromatic rings. The van der Waals surface area contributed by atoms with Gasteiger partial charge in [0.1, 0.15) is 6.54 Å². The Morgan fingerprint density at radius 3 is 2.28 bits per heavy atom. The molecule has 0 spiro atoms. The van der Waals surface area contributed by atoms with E-state index in [-0.39, 0.29) is 5.92 Å². The summed E-state index contributed by atoms with van der Waals surface area (Å²) in [6, 6.07) is 4.17. The number of aromatic nitrogens is 1. The Morgan fingerprint density at radius 2 is 1.89 bits per heavy atom. The molecule has 0 aliphatic rings. The van der Waals surface area contributed by atoms with Gasteiger partial charge in [-0.1, -0.05) is 20.8 Å². The van der Waals surface area contributed by atoms with Crippen LogP contribution in [0.2, 0.25) is 0 Å². The van der Waals surface area contributed by atoms with Gasteiger partial charge in [0, 0.05) is 23.5 Å². The van der Waals surface area contributed by atoms with Crippen molar-refractivity contribution < 1.29 is 14.5 Å². The highest BCUT2D eigenvalue weighted by atomic mass is 16.4. The molecule has 3 heteroatoms. The number of pyridine rings is 1. The molecule has 0 amide bonds. The normalized spacial score (nSPS) is 13.3. The third-order valence-corrected chi connectivity index (χ3v) is 3.56. The molecule has 1 unspecified atom stereocenters. The Balaban J connectivity index is 2.86. The minimum Gasteiger partial charge on any atom is -0.550 e. The largest absolute Gasteiger partial charge is 0.550 e. The number of carboxylic acid groups (broad SMARTS) is 1. The van der Waals surface area contributed by atoms with Crippen molar-refractivity contribution in [3.05, 3.63) is 30.1 Å². The van der Waals surface area contributed by atoms with Gasteiger partial charge in [-0.05, 0) is 31.2 Å². The van der Waals surface area contributed by atoms with E-state index in [2.05, 4.69) is 30.5 Å². The van der Waals surface area contributed by atoms with Gasteiger partial charge in [-0.2, -0.15) is 0 Å². The van der Waals surface area contributed by atoms with Crippen LogP contribution in [0, 0.1) is 5.41 Å². The highest BCUT2D eigenvalue weighted by molar-refractivity contribution is 5.71. The molecule has 0 N–H and O–H groups in total. The molecule has 1 rings (SSSR count). The molecule has 100 valence electrons. The summed E-state index contributed by atoms with van der Waals surface area (Å²) in [5.74, 6) is -0.704. The molecular formula is C15H23NO2. The summed E-state index contributed by atoms with van der Waals surface area (Å²) in [6.45, 7) is 8.61. The Kier molecular flexibility index (Phi) is 4.88. The fourth-order valence-electron chi connectivity index (χ4n) is 2.15. The zero-order valence-electron chi connectivity index (χ0n) is 11.8. The van der Waals surface area contributed by atoms with E-state index in [1.54, 1.807) is 13.8 Å². The number of carbonyl (C=O) groups is 1. The number of carboxylic acids is 1. The van der Waals surface area contributed by atoms with E-state index in [9.17, 15) is 9.90 Å². The Hall–Kier alpha value is -1.38. The molecule has 0 radical (unpaired) electrons. The van der Waals surface area contributed by atoms with Crippen LogP contribution in [0.3, 0.4) is 0 Å². The van der Waals surface area contributed by atoms with E-state index in [0.29, 0.717) is 6.42 Å². The van der Waals surface area contributed by atoms with Crippen LogP contribution in [0.5, 0.6) is 0 Å². The van der Waals surface area contributed by atoms with Gasteiger partial charge in [0.05, 0.1) is 0 Å². The second-order valence-electron chi connectivity index (χ2n) is 5.44. The lowest BCUT2D eigenvalue weighted by Gasteiger charge is -2.30. The summed E-state index contributed by atoms with van der Waals surface area (Å²) in [6.07, 6.45) is 5.64. The molecule has 18 heavy (non-hydrogen) atoms. The Bertz CT molecular complexity index is 395. The second kappa shape index (κ2) is 5.98. The number of rotatable bonds is 6. The van der Waals surface area contributed by atoms with Gasteiger partial charge in [-0.25, -0.2) is 4.57 Å². The number of hydrogen-bond donors (Lipinski definition) is 0. The summed E-state index contributed by atoms with van der Waals surface area (Å²) in [4.78, 5) is 11.1. The minimum absolute atomic E-state index is 0.268. The predicted molar refractivity (Wildman–Crippen MR) is 68.7 cm³/mol. The fraction of sp³-hybridized carbons (Fsp3) is 0.600. The monoisotopic (exact) mass is 249 g/mol. The first-order chi connectivity index (χ1) is 8.40. The minimum atomic E-state index is -0.972. The van der Waals surface area contributed by atoms with E-state index in [4.69, 9.17) is 0 Å². The number of nitrogens with zero attached hydrogens (tertiary/aromatic N) is 1. The summed E-state index contributed by atoms with van der Waals surface area (Å²) in [5.41, 5.74) is 0.425. The van der Waals surface area contributed by atoms with E-state index < -0.39 is 11.4 Å². The van der Waals surface area contributed by atoms with Gasteiger partial charge in [-0.15, -0.1) is 0 Å². The van der Waals surface area contributed by atoms with Gasteiger partial charge in [0.2, 0.25) is 0 Å². The molecule has 0 aliphatic heterocycles. The maximum Gasteiger partial charge on any atom is 0.169 e. The molecular weight excluding hydrogens is 226 g/mol. The van der Waals surface area contributed by atoms with E-state index in [0.717, 1.165) is 13.0 Å². The zero-order chi connectivity index (χ0) is 13.8. The fourth-order valence-corrected chi connectivity index (χ4v) is 2.15. The molecule has 0 saturated heterocycles. The molecule has 0 aromatic carbocycles. The second-order valence-corrected chi connectivity index (χ2v) is 5.44. The summed E-state index contributed by atoms with van der Waals surface area (Å²) >= 11 is 0. The molecule has 3 nitrogen and oxygen atoms in total. The maximum absolute atomic E-state index is 11.1. The first-order valence-electron chi connectivity index (χ1n) is 6.61. The van der Waals surface area contributed by atoms with Gasteiger partial charge in [0.15, 0.2) is 12.4 Å². The van der Waals surface area contributed by atoms with Crippen molar-refractivity contribution in [2.45, 2.75) is 53.0 Å². The third kappa shape index (κ3) is 3.56. The quantitative estimate of drug-likeness (QED) is 0.720. The van der Waals surface area contributed by atoms with Gasteiger partial charge in [-0.3, -0.25) is 0 Å². The van der Waals surface area contributed by atoms with Crippen molar-refractivity contribution in [3.8, 4) is 0 Å². The number of aliphatic carboxylic acids is 1. The van der Waals surface area contributed by atoms with Crippen molar-refractivity contribution in [1.82, 2.24) is 0 Å². The highest BCUT2D eigenvalue weighted by Gasteiger charge is 2.25. The first-order valence-corrected chi connectivity index (χ1v) is 6.61. The van der Waals surface area contributed by atoms with Crippen molar-refractivity contribution in [3.63, 3.8) is 0 Å². The summed E-state index contributed by atoms with van der Waals surface area (Å²) in [7, 11) is 0. The first kappa shape index (κ1) is 14.7. The lowest BCUT2D eigenvalue weighted by atomic mass is 9.79. The third-order valence-electron chi connectivity index (χ3n) is 3.56. The highest BCUT2D eigenvalue weighted by Crippen LogP contribution is 2.33. The molecule has 1 aromatic heterocycles. The number of carbonyl (C=O) groups excluding carboxylic acids is 1. The maximum atomic E-state index is 11.1. The summed E-state index contributed by atoms with van der Waals surface area (Å²) < 4.78 is 2.10. The van der Waals surface area contributed by atoms with Crippen molar-refractivity contribution in [2.24, 2.45) is 5.41 Å². The van der Waals surface area contributed by atoms with Crippen LogP contribution in [-0.2, 0) is 11.3 Å². The van der Waals surface area contributed by atoms with E-state index in [1.807, 2.05) is 12.4 Å². The molecule has 0 fully saturated rings. The molecule has 1 heterocycles. The number of aryl methyl sites for hydroxylation is 1. The van der Waals surface area contributed by atoms with Crippen LogP contribution >= 0.6 is 0 Å². The van der Waals surface area contributed by atoms with Crippen LogP contribution in [0.1, 0.15) is 52.0 Å². The van der Waals surface area contributed by atoms with Crippen LogP contribution in [0.25, 0.3) is 0 Å². The van der Waals surface area contributed by atoms with Crippen molar-refractivity contribution >= 4 is 5.97 Å². The topological polar surface area (TPSA) is 44.0 Å². The molecule has 1 atom stereocenters. The van der Waals surface area contributed by atoms with Crippen LogP contribution < -0.4 is 9.67 Å². The average Bonchev–Trinajstić information content (AvgIpc) is 2.36. The number of hydrogen-bond acceptors (Lipinski definition) is 2. The van der Waals surface area contributed by atoms with Crippen LogP contribution in [-0.4, -0.2) is 5.97 Å².